The first kappa shape index (κ1) is 12.3. The van der Waals surface area contributed by atoms with E-state index in [1.165, 1.54) is 25.3 Å². The highest BCUT2D eigenvalue weighted by atomic mass is 19.4. The summed E-state index contributed by atoms with van der Waals surface area (Å²) in [6.45, 7) is 0. The Morgan fingerprint density at radius 2 is 2.06 bits per heavy atom. The van der Waals surface area contributed by atoms with Crippen LogP contribution in [0.15, 0.2) is 24.3 Å². The molecule has 1 heterocycles. The molecule has 0 fully saturated rings. The number of alkyl halides is 3. The predicted molar refractivity (Wildman–Crippen MR) is 60.0 cm³/mol. The number of benzene rings is 1. The Hall–Kier alpha value is -2.18. The van der Waals surface area contributed by atoms with Crippen molar-refractivity contribution < 1.29 is 17.9 Å². The van der Waals surface area contributed by atoms with Gasteiger partial charge in [-0.25, -0.2) is 0 Å². The first-order valence-electron chi connectivity index (χ1n) is 4.99. The van der Waals surface area contributed by atoms with Crippen LogP contribution in [0.2, 0.25) is 0 Å². The van der Waals surface area contributed by atoms with Gasteiger partial charge in [-0.3, -0.25) is 5.10 Å². The first-order valence-corrected chi connectivity index (χ1v) is 4.99. The van der Waals surface area contributed by atoms with E-state index >= 15 is 0 Å². The average molecular weight is 257 g/mol. The molecule has 3 N–H and O–H groups in total. The Bertz CT molecular complexity index is 563. The molecule has 1 aromatic carbocycles. The second-order valence-corrected chi connectivity index (χ2v) is 3.59. The van der Waals surface area contributed by atoms with Crippen molar-refractivity contribution in [2.75, 3.05) is 12.8 Å². The van der Waals surface area contributed by atoms with E-state index < -0.39 is 11.7 Å². The topological polar surface area (TPSA) is 63.9 Å². The number of nitrogens with one attached hydrogen (secondary N) is 1. The van der Waals surface area contributed by atoms with Crippen LogP contribution in [0.4, 0.5) is 19.0 Å². The number of hydrogen-bond donors (Lipinski definition) is 2. The SMILES string of the molecule is COc1cccc(C(F)(F)F)c1-c1cc(N)n[nH]1. The summed E-state index contributed by atoms with van der Waals surface area (Å²) in [5.74, 6) is 0.220. The minimum absolute atomic E-state index is 0.100. The Morgan fingerprint density at radius 1 is 1.33 bits per heavy atom. The fraction of sp³-hybridized carbons (Fsp3) is 0.182. The van der Waals surface area contributed by atoms with Crippen LogP contribution in [0, 0.1) is 0 Å². The van der Waals surface area contributed by atoms with Gasteiger partial charge in [0.25, 0.3) is 0 Å². The molecule has 0 spiro atoms. The minimum atomic E-state index is -4.48. The van der Waals surface area contributed by atoms with Gasteiger partial charge in [-0.2, -0.15) is 18.3 Å². The summed E-state index contributed by atoms with van der Waals surface area (Å²) in [5.41, 5.74) is 4.67. The molecule has 7 heteroatoms. The number of nitrogens with two attached hydrogens (primary N) is 1. The number of halogens is 3. The number of aromatic amines is 1. The van der Waals surface area contributed by atoms with Crippen molar-refractivity contribution in [2.45, 2.75) is 6.18 Å². The van der Waals surface area contributed by atoms with Crippen molar-refractivity contribution in [1.29, 1.82) is 0 Å². The van der Waals surface area contributed by atoms with E-state index in [1.54, 1.807) is 0 Å². The van der Waals surface area contributed by atoms with E-state index in [-0.39, 0.29) is 22.8 Å². The second kappa shape index (κ2) is 4.25. The number of nitrogens with zero attached hydrogens (tertiary/aromatic N) is 1. The molecule has 0 aliphatic carbocycles. The Balaban J connectivity index is 2.69. The average Bonchev–Trinajstić information content (AvgIpc) is 2.73. The lowest BCUT2D eigenvalue weighted by molar-refractivity contribution is -0.137. The van der Waals surface area contributed by atoms with Crippen LogP contribution in [-0.4, -0.2) is 17.3 Å². The molecule has 0 amide bonds. The van der Waals surface area contributed by atoms with Crippen LogP contribution in [0.5, 0.6) is 5.75 Å². The van der Waals surface area contributed by atoms with Crippen molar-refractivity contribution in [3.8, 4) is 17.0 Å². The zero-order valence-electron chi connectivity index (χ0n) is 9.38. The normalized spacial score (nSPS) is 11.6. The number of anilines is 1. The van der Waals surface area contributed by atoms with E-state index in [0.29, 0.717) is 0 Å². The number of ether oxygens (including phenoxy) is 1. The van der Waals surface area contributed by atoms with Crippen LogP contribution >= 0.6 is 0 Å². The largest absolute Gasteiger partial charge is 0.496 e. The van der Waals surface area contributed by atoms with Crippen molar-refractivity contribution in [3.63, 3.8) is 0 Å². The molecule has 0 unspecified atom stereocenters. The van der Waals surface area contributed by atoms with Crippen LogP contribution < -0.4 is 10.5 Å². The summed E-state index contributed by atoms with van der Waals surface area (Å²) in [6.07, 6.45) is -4.48. The monoisotopic (exact) mass is 257 g/mol. The molecule has 0 aliphatic rings. The highest BCUT2D eigenvalue weighted by molar-refractivity contribution is 5.73. The van der Waals surface area contributed by atoms with Crippen LogP contribution in [-0.2, 0) is 6.18 Å². The van der Waals surface area contributed by atoms with Crippen LogP contribution in [0.3, 0.4) is 0 Å². The van der Waals surface area contributed by atoms with Gasteiger partial charge in [-0.05, 0) is 12.1 Å². The van der Waals surface area contributed by atoms with Gasteiger partial charge in [0.2, 0.25) is 0 Å². The number of H-pyrrole nitrogens is 1. The minimum Gasteiger partial charge on any atom is -0.496 e. The van der Waals surface area contributed by atoms with Crippen molar-refractivity contribution >= 4 is 5.82 Å². The Kier molecular flexibility index (Phi) is 2.90. The van der Waals surface area contributed by atoms with Gasteiger partial charge in [-0.15, -0.1) is 0 Å². The van der Waals surface area contributed by atoms with Gasteiger partial charge in [0.05, 0.1) is 23.9 Å². The molecule has 2 rings (SSSR count). The van der Waals surface area contributed by atoms with Crippen molar-refractivity contribution in [3.05, 3.63) is 29.8 Å². The molecule has 0 saturated carbocycles. The molecule has 96 valence electrons. The summed E-state index contributed by atoms with van der Waals surface area (Å²) in [4.78, 5) is 0. The fourth-order valence-electron chi connectivity index (χ4n) is 1.68. The van der Waals surface area contributed by atoms with E-state index in [0.717, 1.165) is 6.07 Å². The summed E-state index contributed by atoms with van der Waals surface area (Å²) < 4.78 is 43.8. The summed E-state index contributed by atoms with van der Waals surface area (Å²) in [6, 6.07) is 5.04. The Labute approximate surface area is 101 Å². The molecular formula is C11H10F3N3O. The highest BCUT2D eigenvalue weighted by Crippen LogP contribution is 2.41. The lowest BCUT2D eigenvalue weighted by atomic mass is 10.0. The molecule has 4 nitrogen and oxygen atoms in total. The maximum absolute atomic E-state index is 12.9. The third kappa shape index (κ3) is 2.11. The van der Waals surface area contributed by atoms with E-state index in [4.69, 9.17) is 10.5 Å². The number of rotatable bonds is 2. The smallest absolute Gasteiger partial charge is 0.417 e. The first-order chi connectivity index (χ1) is 8.43. The van der Waals surface area contributed by atoms with Crippen molar-refractivity contribution in [1.82, 2.24) is 10.2 Å². The van der Waals surface area contributed by atoms with Gasteiger partial charge in [0.15, 0.2) is 0 Å². The number of hydrogen-bond acceptors (Lipinski definition) is 3. The second-order valence-electron chi connectivity index (χ2n) is 3.59. The summed E-state index contributed by atoms with van der Waals surface area (Å²) >= 11 is 0. The van der Waals surface area contributed by atoms with Crippen molar-refractivity contribution in [2.24, 2.45) is 0 Å². The lowest BCUT2D eigenvalue weighted by Gasteiger charge is -2.14. The standard InChI is InChI=1S/C11H10F3N3O/c1-18-8-4-2-3-6(11(12,13)14)10(8)7-5-9(15)17-16-7/h2-5H,1H3,(H3,15,16,17). The zero-order chi connectivity index (χ0) is 13.3. The van der Waals surface area contributed by atoms with Gasteiger partial charge < -0.3 is 10.5 Å². The molecule has 0 aliphatic heterocycles. The summed E-state index contributed by atoms with van der Waals surface area (Å²) in [7, 11) is 1.30. The Morgan fingerprint density at radius 3 is 2.56 bits per heavy atom. The fourth-order valence-corrected chi connectivity index (χ4v) is 1.68. The number of aromatic nitrogens is 2. The van der Waals surface area contributed by atoms with Crippen LogP contribution in [0.1, 0.15) is 5.56 Å². The van der Waals surface area contributed by atoms with Gasteiger partial charge in [0, 0.05) is 6.07 Å². The molecular weight excluding hydrogens is 247 g/mol. The summed E-state index contributed by atoms with van der Waals surface area (Å²) in [5, 5.41) is 6.08. The zero-order valence-corrected chi connectivity index (χ0v) is 9.38. The predicted octanol–water partition coefficient (Wildman–Crippen LogP) is 2.69. The number of methoxy groups -OCH3 is 1. The van der Waals surface area contributed by atoms with Gasteiger partial charge in [-0.1, -0.05) is 6.07 Å². The maximum atomic E-state index is 12.9. The molecule has 18 heavy (non-hydrogen) atoms. The molecule has 2 aromatic rings. The van der Waals surface area contributed by atoms with Gasteiger partial charge in [0.1, 0.15) is 11.6 Å². The van der Waals surface area contributed by atoms with E-state index in [1.807, 2.05) is 0 Å². The molecule has 1 aromatic heterocycles. The van der Waals surface area contributed by atoms with E-state index in [2.05, 4.69) is 10.2 Å². The maximum Gasteiger partial charge on any atom is 0.417 e. The van der Waals surface area contributed by atoms with E-state index in [9.17, 15) is 13.2 Å². The van der Waals surface area contributed by atoms with Crippen LogP contribution in [0.25, 0.3) is 11.3 Å². The molecule has 0 atom stereocenters. The quantitative estimate of drug-likeness (QED) is 0.869. The molecule has 0 radical (unpaired) electrons. The third-order valence-corrected chi connectivity index (χ3v) is 2.42. The highest BCUT2D eigenvalue weighted by Gasteiger charge is 2.35. The lowest BCUT2D eigenvalue weighted by Crippen LogP contribution is -2.08. The number of nitrogen functional groups attached to an aromatic ring is 1. The van der Waals surface area contributed by atoms with Gasteiger partial charge >= 0.3 is 6.18 Å². The third-order valence-electron chi connectivity index (χ3n) is 2.42. The molecule has 0 bridgehead atoms. The molecule has 0 saturated heterocycles.